The van der Waals surface area contributed by atoms with E-state index in [-0.39, 0.29) is 18.3 Å². The van der Waals surface area contributed by atoms with Gasteiger partial charge in [0.25, 0.3) is 5.91 Å². The maximum atomic E-state index is 11.7. The fourth-order valence-electron chi connectivity index (χ4n) is 1.66. The van der Waals surface area contributed by atoms with Crippen molar-refractivity contribution in [2.75, 3.05) is 13.2 Å². The zero-order valence-corrected chi connectivity index (χ0v) is 13.9. The number of hydrogen-bond donors (Lipinski definition) is 1. The molecule has 0 spiro atoms. The number of rotatable bonds is 8. The van der Waals surface area contributed by atoms with Gasteiger partial charge in [0.05, 0.1) is 0 Å². The van der Waals surface area contributed by atoms with E-state index >= 15 is 0 Å². The summed E-state index contributed by atoms with van der Waals surface area (Å²) in [5, 5.41) is 2.69. The summed E-state index contributed by atoms with van der Waals surface area (Å²) < 4.78 is 10.3. The average Bonchev–Trinajstić information content (AvgIpc) is 2.50. The first kappa shape index (κ1) is 18.7. The largest absolute Gasteiger partial charge is 0.482 e. The zero-order chi connectivity index (χ0) is 17.4. The first-order chi connectivity index (χ1) is 10.8. The van der Waals surface area contributed by atoms with Crippen LogP contribution in [-0.2, 0) is 14.3 Å². The Bertz CT molecular complexity index is 551. The molecular formula is C17H23NO5. The Morgan fingerprint density at radius 2 is 1.70 bits per heavy atom. The SMILES string of the molecule is CC(=O)c1ccc(OCC(=O)O[C@H](C)C(=O)NCC(C)C)cc1. The molecule has 0 fully saturated rings. The number of ketones is 1. The fraction of sp³-hybridized carbons (Fsp3) is 0.471. The number of Topliss-reactive ketones (excluding diaryl/α,β-unsaturated/α-hetero) is 1. The molecule has 0 saturated carbocycles. The van der Waals surface area contributed by atoms with Crippen molar-refractivity contribution in [3.63, 3.8) is 0 Å². The van der Waals surface area contributed by atoms with Gasteiger partial charge in [-0.3, -0.25) is 9.59 Å². The van der Waals surface area contributed by atoms with E-state index < -0.39 is 12.1 Å². The maximum absolute atomic E-state index is 11.7. The van der Waals surface area contributed by atoms with Gasteiger partial charge in [-0.2, -0.15) is 0 Å². The van der Waals surface area contributed by atoms with E-state index in [1.54, 1.807) is 24.3 Å². The molecule has 0 aliphatic heterocycles. The Morgan fingerprint density at radius 1 is 1.09 bits per heavy atom. The van der Waals surface area contributed by atoms with Crippen LogP contribution in [0.5, 0.6) is 5.75 Å². The molecule has 1 atom stereocenters. The highest BCUT2D eigenvalue weighted by molar-refractivity contribution is 5.94. The molecule has 126 valence electrons. The second-order valence-electron chi connectivity index (χ2n) is 5.64. The first-order valence-corrected chi connectivity index (χ1v) is 7.50. The summed E-state index contributed by atoms with van der Waals surface area (Å²) in [4.78, 5) is 34.5. The summed E-state index contributed by atoms with van der Waals surface area (Å²) in [7, 11) is 0. The standard InChI is InChI=1S/C17H23NO5/c1-11(2)9-18-17(21)13(4)23-16(20)10-22-15-7-5-14(6-8-15)12(3)19/h5-8,11,13H,9-10H2,1-4H3,(H,18,21)/t13-/m1/s1. The minimum atomic E-state index is -0.870. The third-order valence-electron chi connectivity index (χ3n) is 2.98. The highest BCUT2D eigenvalue weighted by Gasteiger charge is 2.18. The molecule has 23 heavy (non-hydrogen) atoms. The van der Waals surface area contributed by atoms with Gasteiger partial charge in [0, 0.05) is 12.1 Å². The Morgan fingerprint density at radius 3 is 2.22 bits per heavy atom. The molecule has 6 heteroatoms. The van der Waals surface area contributed by atoms with Gasteiger partial charge in [-0.1, -0.05) is 13.8 Å². The van der Waals surface area contributed by atoms with Gasteiger partial charge in [-0.15, -0.1) is 0 Å². The fourth-order valence-corrected chi connectivity index (χ4v) is 1.66. The van der Waals surface area contributed by atoms with Crippen LogP contribution in [0.4, 0.5) is 0 Å². The molecule has 0 unspecified atom stereocenters. The highest BCUT2D eigenvalue weighted by atomic mass is 16.6. The van der Waals surface area contributed by atoms with Crippen LogP contribution >= 0.6 is 0 Å². The van der Waals surface area contributed by atoms with E-state index in [2.05, 4.69) is 5.32 Å². The lowest BCUT2D eigenvalue weighted by molar-refractivity contribution is -0.156. The van der Waals surface area contributed by atoms with Gasteiger partial charge in [-0.25, -0.2) is 4.79 Å². The first-order valence-electron chi connectivity index (χ1n) is 7.50. The molecule has 6 nitrogen and oxygen atoms in total. The summed E-state index contributed by atoms with van der Waals surface area (Å²) in [6.45, 7) is 7.15. The molecule has 1 N–H and O–H groups in total. The van der Waals surface area contributed by atoms with E-state index in [0.717, 1.165) is 0 Å². The van der Waals surface area contributed by atoms with Crippen LogP contribution in [0.3, 0.4) is 0 Å². The number of ether oxygens (including phenoxy) is 2. The summed E-state index contributed by atoms with van der Waals surface area (Å²) in [6.07, 6.45) is -0.870. The third-order valence-corrected chi connectivity index (χ3v) is 2.98. The van der Waals surface area contributed by atoms with Gasteiger partial charge >= 0.3 is 5.97 Å². The Kier molecular flexibility index (Phi) is 7.25. The van der Waals surface area contributed by atoms with Crippen LogP contribution in [0.2, 0.25) is 0 Å². The summed E-state index contributed by atoms with van der Waals surface area (Å²) in [5.41, 5.74) is 0.565. The number of hydrogen-bond acceptors (Lipinski definition) is 5. The second kappa shape index (κ2) is 8.92. The molecule has 0 saturated heterocycles. The monoisotopic (exact) mass is 321 g/mol. The predicted octanol–water partition coefficient (Wildman–Crippen LogP) is 1.97. The molecule has 0 aromatic heterocycles. The van der Waals surface area contributed by atoms with Gasteiger partial charge in [-0.05, 0) is 44.0 Å². The van der Waals surface area contributed by atoms with Crippen LogP contribution in [0.25, 0.3) is 0 Å². The minimum Gasteiger partial charge on any atom is -0.482 e. The van der Waals surface area contributed by atoms with Crippen molar-refractivity contribution in [2.24, 2.45) is 5.92 Å². The van der Waals surface area contributed by atoms with Crippen molar-refractivity contribution in [1.29, 1.82) is 0 Å². The molecule has 0 bridgehead atoms. The average molecular weight is 321 g/mol. The molecule has 1 amide bonds. The Balaban J connectivity index is 2.38. The molecule has 1 aromatic carbocycles. The van der Waals surface area contributed by atoms with Crippen molar-refractivity contribution in [3.8, 4) is 5.75 Å². The number of carbonyl (C=O) groups excluding carboxylic acids is 3. The van der Waals surface area contributed by atoms with Crippen molar-refractivity contribution in [1.82, 2.24) is 5.32 Å². The van der Waals surface area contributed by atoms with Gasteiger partial charge in [0.1, 0.15) is 5.75 Å². The summed E-state index contributed by atoms with van der Waals surface area (Å²) in [5.74, 6) is -0.241. The number of nitrogens with one attached hydrogen (secondary N) is 1. The van der Waals surface area contributed by atoms with E-state index in [4.69, 9.17) is 9.47 Å². The van der Waals surface area contributed by atoms with Crippen molar-refractivity contribution < 1.29 is 23.9 Å². The lowest BCUT2D eigenvalue weighted by Crippen LogP contribution is -2.38. The van der Waals surface area contributed by atoms with Gasteiger partial charge < -0.3 is 14.8 Å². The van der Waals surface area contributed by atoms with E-state index in [1.165, 1.54) is 13.8 Å². The molecule has 0 aliphatic rings. The molecular weight excluding hydrogens is 298 g/mol. The summed E-state index contributed by atoms with van der Waals surface area (Å²) >= 11 is 0. The minimum absolute atomic E-state index is 0.0443. The van der Waals surface area contributed by atoms with E-state index in [1.807, 2.05) is 13.8 Å². The quantitative estimate of drug-likeness (QED) is 0.585. The zero-order valence-electron chi connectivity index (χ0n) is 13.9. The Hall–Kier alpha value is -2.37. The molecule has 0 radical (unpaired) electrons. The predicted molar refractivity (Wildman–Crippen MR) is 85.3 cm³/mol. The van der Waals surface area contributed by atoms with Crippen LogP contribution in [0, 0.1) is 5.92 Å². The lowest BCUT2D eigenvalue weighted by atomic mass is 10.1. The lowest BCUT2D eigenvalue weighted by Gasteiger charge is -2.14. The molecule has 0 aliphatic carbocycles. The number of amides is 1. The van der Waals surface area contributed by atoms with Crippen LogP contribution in [0.1, 0.15) is 38.1 Å². The highest BCUT2D eigenvalue weighted by Crippen LogP contribution is 2.12. The van der Waals surface area contributed by atoms with Crippen LogP contribution in [0.15, 0.2) is 24.3 Å². The third kappa shape index (κ3) is 6.95. The molecule has 1 aromatic rings. The number of benzene rings is 1. The molecule has 0 heterocycles. The molecule has 1 rings (SSSR count). The Labute approximate surface area is 136 Å². The number of esters is 1. The van der Waals surface area contributed by atoms with Crippen molar-refractivity contribution in [2.45, 2.75) is 33.8 Å². The maximum Gasteiger partial charge on any atom is 0.344 e. The normalized spacial score (nSPS) is 11.7. The number of carbonyl (C=O) groups is 3. The second-order valence-corrected chi connectivity index (χ2v) is 5.64. The van der Waals surface area contributed by atoms with Gasteiger partial charge in [0.2, 0.25) is 0 Å². The van der Waals surface area contributed by atoms with Crippen LogP contribution < -0.4 is 10.1 Å². The van der Waals surface area contributed by atoms with E-state index in [9.17, 15) is 14.4 Å². The smallest absolute Gasteiger partial charge is 0.344 e. The van der Waals surface area contributed by atoms with Crippen molar-refractivity contribution in [3.05, 3.63) is 29.8 Å². The summed E-state index contributed by atoms with van der Waals surface area (Å²) in [6, 6.07) is 6.43. The topological polar surface area (TPSA) is 81.7 Å². The van der Waals surface area contributed by atoms with E-state index in [0.29, 0.717) is 23.8 Å². The van der Waals surface area contributed by atoms with Gasteiger partial charge in [0.15, 0.2) is 18.5 Å². The van der Waals surface area contributed by atoms with Crippen molar-refractivity contribution >= 4 is 17.7 Å². The van der Waals surface area contributed by atoms with Crippen LogP contribution in [-0.4, -0.2) is 36.9 Å².